The molecule has 0 aliphatic carbocycles. The average molecular weight is 214 g/mol. The standard InChI is InChI=1S/C9H10O2S2/c1-2-12-13-8-5-3-7(4-6-8)9(10)11/h3-6H,2H2,1H3,(H,10,11). The summed E-state index contributed by atoms with van der Waals surface area (Å²) in [5.74, 6) is 0.172. The number of carboxylic acids is 1. The number of carbonyl (C=O) groups is 1. The first-order valence-electron chi connectivity index (χ1n) is 3.87. The van der Waals surface area contributed by atoms with E-state index in [1.165, 1.54) is 0 Å². The van der Waals surface area contributed by atoms with Crippen LogP contribution in [0.4, 0.5) is 0 Å². The zero-order valence-corrected chi connectivity index (χ0v) is 8.82. The summed E-state index contributed by atoms with van der Waals surface area (Å²) in [5, 5.41) is 8.64. The molecule has 0 amide bonds. The Labute approximate surface area is 85.1 Å². The van der Waals surface area contributed by atoms with Gasteiger partial charge in [-0.3, -0.25) is 0 Å². The number of benzene rings is 1. The van der Waals surface area contributed by atoms with Crippen molar-refractivity contribution in [3.63, 3.8) is 0 Å². The van der Waals surface area contributed by atoms with Gasteiger partial charge < -0.3 is 5.11 Å². The molecule has 2 nitrogen and oxygen atoms in total. The zero-order valence-electron chi connectivity index (χ0n) is 7.19. The molecule has 0 aromatic heterocycles. The van der Waals surface area contributed by atoms with E-state index >= 15 is 0 Å². The van der Waals surface area contributed by atoms with E-state index < -0.39 is 5.97 Å². The second kappa shape index (κ2) is 5.19. The number of aromatic carboxylic acids is 1. The molecule has 4 heteroatoms. The van der Waals surface area contributed by atoms with Crippen molar-refractivity contribution in [3.8, 4) is 0 Å². The fourth-order valence-corrected chi connectivity index (χ4v) is 2.38. The summed E-state index contributed by atoms with van der Waals surface area (Å²) in [7, 11) is 3.41. The zero-order chi connectivity index (χ0) is 9.68. The van der Waals surface area contributed by atoms with Crippen LogP contribution in [-0.2, 0) is 0 Å². The Morgan fingerprint density at radius 3 is 2.46 bits per heavy atom. The minimum absolute atomic E-state index is 0.339. The Balaban J connectivity index is 2.64. The molecule has 0 fully saturated rings. The van der Waals surface area contributed by atoms with E-state index in [0.717, 1.165) is 10.6 Å². The topological polar surface area (TPSA) is 37.3 Å². The van der Waals surface area contributed by atoms with Crippen LogP contribution in [-0.4, -0.2) is 16.8 Å². The van der Waals surface area contributed by atoms with Crippen LogP contribution in [0.3, 0.4) is 0 Å². The molecule has 1 aromatic carbocycles. The molecule has 1 rings (SSSR count). The second-order valence-corrected chi connectivity index (χ2v) is 4.98. The second-order valence-electron chi connectivity index (χ2n) is 2.32. The molecule has 0 saturated heterocycles. The van der Waals surface area contributed by atoms with Crippen LogP contribution in [0.25, 0.3) is 0 Å². The van der Waals surface area contributed by atoms with Crippen LogP contribution >= 0.6 is 21.6 Å². The van der Waals surface area contributed by atoms with Crippen LogP contribution in [0.2, 0.25) is 0 Å². The van der Waals surface area contributed by atoms with Crippen molar-refractivity contribution in [2.75, 3.05) is 5.75 Å². The van der Waals surface area contributed by atoms with Gasteiger partial charge in [-0.2, -0.15) is 0 Å². The highest BCUT2D eigenvalue weighted by molar-refractivity contribution is 8.76. The Hall–Kier alpha value is -0.610. The molecule has 0 unspecified atom stereocenters. The van der Waals surface area contributed by atoms with Gasteiger partial charge in [0.05, 0.1) is 5.56 Å². The lowest BCUT2D eigenvalue weighted by atomic mass is 10.2. The van der Waals surface area contributed by atoms with Gasteiger partial charge in [-0.25, -0.2) is 4.79 Å². The van der Waals surface area contributed by atoms with Crippen molar-refractivity contribution >= 4 is 27.6 Å². The Morgan fingerprint density at radius 1 is 1.38 bits per heavy atom. The lowest BCUT2D eigenvalue weighted by molar-refractivity contribution is 0.0697. The molecule has 0 radical (unpaired) electrons. The van der Waals surface area contributed by atoms with Crippen molar-refractivity contribution in [2.45, 2.75) is 11.8 Å². The summed E-state index contributed by atoms with van der Waals surface area (Å²) < 4.78 is 0. The van der Waals surface area contributed by atoms with Crippen molar-refractivity contribution in [1.29, 1.82) is 0 Å². The van der Waals surface area contributed by atoms with Gasteiger partial charge in [0.15, 0.2) is 0 Å². The lowest BCUT2D eigenvalue weighted by Crippen LogP contribution is -1.94. The molecule has 0 aliphatic heterocycles. The minimum Gasteiger partial charge on any atom is -0.478 e. The predicted molar refractivity (Wildman–Crippen MR) is 57.4 cm³/mol. The number of hydrogen-bond acceptors (Lipinski definition) is 3. The normalized spacial score (nSPS) is 9.92. The molecule has 0 heterocycles. The maximum Gasteiger partial charge on any atom is 0.335 e. The van der Waals surface area contributed by atoms with E-state index in [-0.39, 0.29) is 0 Å². The highest BCUT2D eigenvalue weighted by Gasteiger charge is 2.01. The van der Waals surface area contributed by atoms with Gasteiger partial charge >= 0.3 is 5.97 Å². The van der Waals surface area contributed by atoms with E-state index in [4.69, 9.17) is 5.11 Å². The largest absolute Gasteiger partial charge is 0.478 e. The fraction of sp³-hybridized carbons (Fsp3) is 0.222. The minimum atomic E-state index is -0.875. The van der Waals surface area contributed by atoms with Crippen LogP contribution in [0.15, 0.2) is 29.2 Å². The van der Waals surface area contributed by atoms with E-state index in [0.29, 0.717) is 5.56 Å². The molecule has 0 spiro atoms. The van der Waals surface area contributed by atoms with Gasteiger partial charge in [-0.15, -0.1) is 0 Å². The maximum absolute atomic E-state index is 10.5. The highest BCUT2D eigenvalue weighted by Crippen LogP contribution is 2.30. The van der Waals surface area contributed by atoms with Crippen molar-refractivity contribution < 1.29 is 9.90 Å². The molecule has 0 bridgehead atoms. The van der Waals surface area contributed by atoms with Gasteiger partial charge in [-0.05, 0) is 24.3 Å². The average Bonchev–Trinajstić information content (AvgIpc) is 2.15. The first-order chi connectivity index (χ1) is 6.24. The van der Waals surface area contributed by atoms with Crippen LogP contribution in [0.1, 0.15) is 17.3 Å². The van der Waals surface area contributed by atoms with Crippen LogP contribution in [0.5, 0.6) is 0 Å². The third-order valence-corrected chi connectivity index (χ3v) is 3.83. The summed E-state index contributed by atoms with van der Waals surface area (Å²) in [5.41, 5.74) is 0.339. The van der Waals surface area contributed by atoms with E-state index in [9.17, 15) is 4.79 Å². The van der Waals surface area contributed by atoms with Gasteiger partial charge in [-0.1, -0.05) is 28.5 Å². The Kier molecular flexibility index (Phi) is 4.18. The monoisotopic (exact) mass is 214 g/mol. The highest BCUT2D eigenvalue weighted by atomic mass is 33.1. The molecule has 0 atom stereocenters. The van der Waals surface area contributed by atoms with Gasteiger partial charge in [0.2, 0.25) is 0 Å². The number of hydrogen-bond donors (Lipinski definition) is 1. The lowest BCUT2D eigenvalue weighted by Gasteiger charge is -1.98. The van der Waals surface area contributed by atoms with Crippen LogP contribution < -0.4 is 0 Å². The fourth-order valence-electron chi connectivity index (χ4n) is 0.780. The van der Waals surface area contributed by atoms with Gasteiger partial charge in [0, 0.05) is 10.6 Å². The van der Waals surface area contributed by atoms with E-state index in [1.54, 1.807) is 33.7 Å². The number of rotatable bonds is 4. The molecular weight excluding hydrogens is 204 g/mol. The summed E-state index contributed by atoms with van der Waals surface area (Å²) in [6, 6.07) is 6.91. The molecule has 0 saturated carbocycles. The molecule has 1 aromatic rings. The summed E-state index contributed by atoms with van der Waals surface area (Å²) >= 11 is 0. The first kappa shape index (κ1) is 10.5. The predicted octanol–water partition coefficient (Wildman–Crippen LogP) is 3.15. The summed E-state index contributed by atoms with van der Waals surface area (Å²) in [6.07, 6.45) is 0. The van der Waals surface area contributed by atoms with Crippen molar-refractivity contribution in [1.82, 2.24) is 0 Å². The summed E-state index contributed by atoms with van der Waals surface area (Å²) in [6.45, 7) is 2.09. The van der Waals surface area contributed by atoms with Crippen molar-refractivity contribution in [2.24, 2.45) is 0 Å². The smallest absolute Gasteiger partial charge is 0.335 e. The summed E-state index contributed by atoms with van der Waals surface area (Å²) in [4.78, 5) is 11.6. The Bertz CT molecular complexity index is 282. The first-order valence-corrected chi connectivity index (χ1v) is 6.18. The molecular formula is C9H10O2S2. The molecule has 70 valence electrons. The molecule has 1 N–H and O–H groups in total. The van der Waals surface area contributed by atoms with Crippen LogP contribution in [0, 0.1) is 0 Å². The molecule has 0 aliphatic rings. The Morgan fingerprint density at radius 2 is 2.00 bits per heavy atom. The SMILES string of the molecule is CCSSc1ccc(C(=O)O)cc1. The third kappa shape index (κ3) is 3.32. The van der Waals surface area contributed by atoms with E-state index in [2.05, 4.69) is 6.92 Å². The number of carboxylic acid groups (broad SMARTS) is 1. The van der Waals surface area contributed by atoms with E-state index in [1.807, 2.05) is 12.1 Å². The molecule has 13 heavy (non-hydrogen) atoms. The van der Waals surface area contributed by atoms with Gasteiger partial charge in [0.1, 0.15) is 0 Å². The third-order valence-electron chi connectivity index (χ3n) is 1.37. The van der Waals surface area contributed by atoms with Gasteiger partial charge in [0.25, 0.3) is 0 Å². The quantitative estimate of drug-likeness (QED) is 0.781. The van der Waals surface area contributed by atoms with Crippen molar-refractivity contribution in [3.05, 3.63) is 29.8 Å². The maximum atomic E-state index is 10.5.